The first kappa shape index (κ1) is 13.8. The van der Waals surface area contributed by atoms with Crippen molar-refractivity contribution in [2.45, 2.75) is 22.1 Å². The number of rotatable bonds is 0. The largest absolute Gasteiger partial charge is 0.382 e. The van der Waals surface area contributed by atoms with Gasteiger partial charge in [-0.3, -0.25) is 0 Å². The minimum atomic E-state index is -6.25. The van der Waals surface area contributed by atoms with Gasteiger partial charge in [-0.1, -0.05) is 23.2 Å². The number of halogens is 10. The second-order valence-corrected chi connectivity index (χ2v) is 4.25. The fourth-order valence-electron chi connectivity index (χ4n) is 0.946. The van der Waals surface area contributed by atoms with Crippen molar-refractivity contribution in [3.8, 4) is 0 Å². The molecule has 0 radical (unpaired) electrons. The molecule has 0 aliphatic heterocycles. The maximum absolute atomic E-state index is 12.7. The van der Waals surface area contributed by atoms with Crippen molar-refractivity contribution in [1.82, 2.24) is 0 Å². The Hall–Kier alpha value is -0.240. The molecule has 0 heterocycles. The van der Waals surface area contributed by atoms with E-state index in [9.17, 15) is 35.1 Å². The molecule has 0 nitrogen and oxygen atoms in total. The first-order chi connectivity index (χ1) is 6.82. The molecule has 0 saturated carbocycles. The molecule has 0 aromatic carbocycles. The van der Waals surface area contributed by atoms with E-state index in [-0.39, 0.29) is 0 Å². The van der Waals surface area contributed by atoms with Crippen molar-refractivity contribution in [2.75, 3.05) is 0 Å². The minimum Gasteiger partial charge on any atom is -0.205 e. The first-order valence-corrected chi connectivity index (χ1v) is 4.15. The molecule has 0 spiro atoms. The zero-order valence-corrected chi connectivity index (χ0v) is 8.29. The standard InChI is InChI=1S/C6Cl2F8/c7-3(8)1(9)2(10)4(11,12)6(15,16)5(3,13)14. The van der Waals surface area contributed by atoms with Crippen LogP contribution in [0.15, 0.2) is 11.7 Å². The lowest BCUT2D eigenvalue weighted by Crippen LogP contribution is -2.65. The van der Waals surface area contributed by atoms with Crippen LogP contribution in [0.25, 0.3) is 0 Å². The summed E-state index contributed by atoms with van der Waals surface area (Å²) < 4.78 is 96.2. The average molecular weight is 295 g/mol. The number of hydrogen-bond acceptors (Lipinski definition) is 0. The van der Waals surface area contributed by atoms with Gasteiger partial charge in [0.15, 0.2) is 5.83 Å². The van der Waals surface area contributed by atoms with Gasteiger partial charge < -0.3 is 0 Å². The van der Waals surface area contributed by atoms with Crippen molar-refractivity contribution in [3.05, 3.63) is 11.7 Å². The number of allylic oxidation sites excluding steroid dienone is 2. The van der Waals surface area contributed by atoms with Crippen molar-refractivity contribution < 1.29 is 35.1 Å². The topological polar surface area (TPSA) is 0 Å². The van der Waals surface area contributed by atoms with E-state index in [2.05, 4.69) is 23.2 Å². The zero-order valence-electron chi connectivity index (χ0n) is 6.78. The Kier molecular flexibility index (Phi) is 2.73. The van der Waals surface area contributed by atoms with Gasteiger partial charge >= 0.3 is 17.8 Å². The monoisotopic (exact) mass is 294 g/mol. The second-order valence-electron chi connectivity index (χ2n) is 2.93. The third-order valence-electron chi connectivity index (χ3n) is 1.93. The predicted molar refractivity (Wildman–Crippen MR) is 38.5 cm³/mol. The SMILES string of the molecule is FC1=C(F)C(Cl)(Cl)C(F)(F)C(F)(F)C1(F)F. The normalized spacial score (nSPS) is 30.4. The average Bonchev–Trinajstić information content (AvgIpc) is 2.12. The van der Waals surface area contributed by atoms with Crippen LogP contribution in [-0.4, -0.2) is 22.1 Å². The summed E-state index contributed by atoms with van der Waals surface area (Å²) in [6.07, 6.45) is 0. The summed E-state index contributed by atoms with van der Waals surface area (Å²) in [5, 5.41) is 0. The van der Waals surface area contributed by atoms with Crippen LogP contribution >= 0.6 is 23.2 Å². The van der Waals surface area contributed by atoms with Crippen molar-refractivity contribution >= 4 is 23.2 Å². The summed E-state index contributed by atoms with van der Waals surface area (Å²) in [4.78, 5) is 0. The van der Waals surface area contributed by atoms with Crippen molar-refractivity contribution in [3.63, 3.8) is 0 Å². The molecule has 0 fully saturated rings. The summed E-state index contributed by atoms with van der Waals surface area (Å²) in [5.41, 5.74) is 0. The minimum absolute atomic E-state index is 3.03. The molecule has 0 atom stereocenters. The lowest BCUT2D eigenvalue weighted by atomic mass is 9.92. The van der Waals surface area contributed by atoms with Gasteiger partial charge in [-0.05, 0) is 0 Å². The van der Waals surface area contributed by atoms with E-state index in [4.69, 9.17) is 0 Å². The summed E-state index contributed by atoms with van der Waals surface area (Å²) >= 11 is 8.90. The van der Waals surface area contributed by atoms with Gasteiger partial charge in [0, 0.05) is 0 Å². The highest BCUT2D eigenvalue weighted by molar-refractivity contribution is 6.51. The molecule has 0 aromatic rings. The van der Waals surface area contributed by atoms with E-state index >= 15 is 0 Å². The predicted octanol–water partition coefficient (Wildman–Crippen LogP) is 4.23. The van der Waals surface area contributed by atoms with E-state index in [0.717, 1.165) is 0 Å². The van der Waals surface area contributed by atoms with Crippen LogP contribution in [-0.2, 0) is 0 Å². The molecule has 1 aliphatic rings. The van der Waals surface area contributed by atoms with Gasteiger partial charge in [-0.15, -0.1) is 0 Å². The second kappa shape index (κ2) is 3.16. The highest BCUT2D eigenvalue weighted by atomic mass is 35.5. The fourth-order valence-corrected chi connectivity index (χ4v) is 1.35. The van der Waals surface area contributed by atoms with Gasteiger partial charge in [0.05, 0.1) is 0 Å². The number of alkyl halides is 8. The van der Waals surface area contributed by atoms with E-state index in [1.807, 2.05) is 0 Å². The van der Waals surface area contributed by atoms with Gasteiger partial charge in [-0.25, -0.2) is 8.78 Å². The molecule has 0 bridgehead atoms. The van der Waals surface area contributed by atoms with Gasteiger partial charge in [0.1, 0.15) is 0 Å². The summed E-state index contributed by atoms with van der Waals surface area (Å²) in [6.45, 7) is 0. The Labute approximate surface area is 92.8 Å². The Bertz CT molecular complexity index is 324. The highest BCUT2D eigenvalue weighted by Crippen LogP contribution is 2.63. The van der Waals surface area contributed by atoms with Crippen LogP contribution in [0.3, 0.4) is 0 Å². The summed E-state index contributed by atoms with van der Waals surface area (Å²) in [7, 11) is 0. The molecule has 0 saturated heterocycles. The summed E-state index contributed by atoms with van der Waals surface area (Å²) in [6, 6.07) is 0. The molecule has 1 aliphatic carbocycles. The van der Waals surface area contributed by atoms with E-state index in [1.54, 1.807) is 0 Å². The molecule has 0 N–H and O–H groups in total. The number of hydrogen-bond donors (Lipinski definition) is 0. The third kappa shape index (κ3) is 1.23. The third-order valence-corrected chi connectivity index (χ3v) is 2.73. The van der Waals surface area contributed by atoms with Crippen LogP contribution in [0.5, 0.6) is 0 Å². The maximum Gasteiger partial charge on any atom is 0.382 e. The first-order valence-electron chi connectivity index (χ1n) is 3.39. The smallest absolute Gasteiger partial charge is 0.205 e. The molecule has 0 unspecified atom stereocenters. The molecule has 10 heteroatoms. The quantitative estimate of drug-likeness (QED) is 0.463. The molecule has 0 aromatic heterocycles. The van der Waals surface area contributed by atoms with Crippen molar-refractivity contribution in [2.24, 2.45) is 0 Å². The fraction of sp³-hybridized carbons (Fsp3) is 0.667. The molecule has 16 heavy (non-hydrogen) atoms. The van der Waals surface area contributed by atoms with E-state index in [1.165, 1.54) is 0 Å². The van der Waals surface area contributed by atoms with Crippen LogP contribution in [0.1, 0.15) is 0 Å². The van der Waals surface area contributed by atoms with Crippen LogP contribution in [0, 0.1) is 0 Å². The van der Waals surface area contributed by atoms with E-state index < -0.39 is 33.8 Å². The zero-order chi connectivity index (χ0) is 13.2. The summed E-state index contributed by atoms with van der Waals surface area (Å²) in [5.74, 6) is -24.6. The Morgan fingerprint density at radius 1 is 0.688 bits per heavy atom. The maximum atomic E-state index is 12.7. The molecule has 1 rings (SSSR count). The van der Waals surface area contributed by atoms with E-state index in [0.29, 0.717) is 0 Å². The van der Waals surface area contributed by atoms with Crippen molar-refractivity contribution in [1.29, 1.82) is 0 Å². The van der Waals surface area contributed by atoms with Gasteiger partial charge in [0.25, 0.3) is 0 Å². The molecule has 94 valence electrons. The molecular weight excluding hydrogens is 295 g/mol. The van der Waals surface area contributed by atoms with Crippen LogP contribution < -0.4 is 0 Å². The van der Waals surface area contributed by atoms with Crippen LogP contribution in [0.2, 0.25) is 0 Å². The molecular formula is C6Cl2F8. The Morgan fingerprint density at radius 3 is 1.44 bits per heavy atom. The van der Waals surface area contributed by atoms with Gasteiger partial charge in [-0.2, -0.15) is 26.3 Å². The van der Waals surface area contributed by atoms with Crippen LogP contribution in [0.4, 0.5) is 35.1 Å². The molecule has 0 amide bonds. The Balaban J connectivity index is 3.64. The Morgan fingerprint density at radius 2 is 1.06 bits per heavy atom. The van der Waals surface area contributed by atoms with Gasteiger partial charge in [0.2, 0.25) is 10.2 Å². The lowest BCUT2D eigenvalue weighted by Gasteiger charge is -2.41. The highest BCUT2D eigenvalue weighted by Gasteiger charge is 2.85. The lowest BCUT2D eigenvalue weighted by molar-refractivity contribution is -0.311.